The van der Waals surface area contributed by atoms with Gasteiger partial charge in [0.25, 0.3) is 0 Å². The number of carboxylic acids is 1. The number of nitrogens with zero attached hydrogens (tertiary/aromatic N) is 4. The Kier molecular flexibility index (Phi) is 3.34. The molecule has 6 nitrogen and oxygen atoms in total. The second-order valence-electron chi connectivity index (χ2n) is 4.01. The molecule has 3 rings (SSSR count). The molecule has 2 heterocycles. The molecular weight excluding hydrogens is 276 g/mol. The smallest absolute Gasteiger partial charge is 0.313 e. The fourth-order valence-corrected chi connectivity index (χ4v) is 2.33. The van der Waals surface area contributed by atoms with Crippen LogP contribution in [-0.2, 0) is 4.79 Å². The zero-order chi connectivity index (χ0) is 13.9. The van der Waals surface area contributed by atoms with Gasteiger partial charge >= 0.3 is 5.97 Å². The van der Waals surface area contributed by atoms with Gasteiger partial charge in [-0.15, -0.1) is 10.2 Å². The summed E-state index contributed by atoms with van der Waals surface area (Å²) in [6.07, 6.45) is 0. The molecule has 3 aromatic rings. The predicted molar refractivity (Wildman–Crippen MR) is 74.6 cm³/mol. The molecule has 100 valence electrons. The molecule has 20 heavy (non-hydrogen) atoms. The molecule has 0 fully saturated rings. The van der Waals surface area contributed by atoms with Crippen LogP contribution in [0.25, 0.3) is 17.0 Å². The number of carboxylic acid groups (broad SMARTS) is 1. The van der Waals surface area contributed by atoms with E-state index in [9.17, 15) is 4.79 Å². The van der Waals surface area contributed by atoms with Gasteiger partial charge in [-0.25, -0.2) is 0 Å². The third-order valence-corrected chi connectivity index (χ3v) is 3.52. The van der Waals surface area contributed by atoms with E-state index in [2.05, 4.69) is 15.3 Å². The van der Waals surface area contributed by atoms with E-state index in [1.807, 2.05) is 30.3 Å². The molecule has 0 saturated heterocycles. The first kappa shape index (κ1) is 12.6. The first-order valence-electron chi connectivity index (χ1n) is 5.86. The second-order valence-corrected chi connectivity index (χ2v) is 5.01. The van der Waals surface area contributed by atoms with E-state index in [1.165, 1.54) is 0 Å². The van der Waals surface area contributed by atoms with E-state index in [0.717, 1.165) is 17.3 Å². The van der Waals surface area contributed by atoms with Crippen molar-refractivity contribution in [2.75, 3.05) is 5.75 Å². The van der Waals surface area contributed by atoms with E-state index in [4.69, 9.17) is 5.11 Å². The highest BCUT2D eigenvalue weighted by molar-refractivity contribution is 7.99. The van der Waals surface area contributed by atoms with E-state index in [0.29, 0.717) is 16.5 Å². The van der Waals surface area contributed by atoms with Gasteiger partial charge in [0.1, 0.15) is 5.03 Å². The van der Waals surface area contributed by atoms with Gasteiger partial charge in [0.2, 0.25) is 0 Å². The predicted octanol–water partition coefficient (Wildman–Crippen LogP) is 1.97. The number of hydrogen-bond acceptors (Lipinski definition) is 5. The van der Waals surface area contributed by atoms with Crippen LogP contribution in [0.15, 0.2) is 47.5 Å². The molecule has 0 saturated carbocycles. The van der Waals surface area contributed by atoms with Gasteiger partial charge in [-0.3, -0.25) is 4.79 Å². The number of rotatable bonds is 4. The van der Waals surface area contributed by atoms with Crippen LogP contribution in [-0.4, -0.2) is 36.6 Å². The first-order valence-corrected chi connectivity index (χ1v) is 6.85. The topological polar surface area (TPSA) is 80.4 Å². The van der Waals surface area contributed by atoms with Crippen molar-refractivity contribution in [3.05, 3.63) is 42.5 Å². The van der Waals surface area contributed by atoms with Crippen LogP contribution in [0.2, 0.25) is 0 Å². The van der Waals surface area contributed by atoms with Crippen LogP contribution in [0.4, 0.5) is 0 Å². The normalized spacial score (nSPS) is 10.8. The van der Waals surface area contributed by atoms with Gasteiger partial charge in [0.05, 0.1) is 5.75 Å². The van der Waals surface area contributed by atoms with Crippen LogP contribution in [0.1, 0.15) is 0 Å². The summed E-state index contributed by atoms with van der Waals surface area (Å²) in [7, 11) is 0. The van der Waals surface area contributed by atoms with E-state index in [-0.39, 0.29) is 5.75 Å². The first-order chi connectivity index (χ1) is 9.74. The zero-order valence-corrected chi connectivity index (χ0v) is 11.1. The quantitative estimate of drug-likeness (QED) is 0.739. The molecular formula is C13H10N4O2S. The summed E-state index contributed by atoms with van der Waals surface area (Å²) < 4.78 is 1.62. The Labute approximate surface area is 118 Å². The second kappa shape index (κ2) is 5.30. The van der Waals surface area contributed by atoms with Gasteiger partial charge in [0, 0.05) is 5.56 Å². The van der Waals surface area contributed by atoms with Crippen molar-refractivity contribution in [2.24, 2.45) is 0 Å². The third-order valence-electron chi connectivity index (χ3n) is 2.61. The molecule has 0 aliphatic rings. The van der Waals surface area contributed by atoms with Crippen molar-refractivity contribution in [1.82, 2.24) is 19.8 Å². The summed E-state index contributed by atoms with van der Waals surface area (Å²) in [5, 5.41) is 21.9. The lowest BCUT2D eigenvalue weighted by molar-refractivity contribution is -0.133. The molecule has 0 unspecified atom stereocenters. The fourth-order valence-electron chi connectivity index (χ4n) is 1.75. The molecule has 0 radical (unpaired) electrons. The van der Waals surface area contributed by atoms with Gasteiger partial charge < -0.3 is 5.11 Å². The maximum Gasteiger partial charge on any atom is 0.313 e. The Morgan fingerprint density at radius 2 is 1.95 bits per heavy atom. The molecule has 0 amide bonds. The van der Waals surface area contributed by atoms with Gasteiger partial charge in [0.15, 0.2) is 11.5 Å². The van der Waals surface area contributed by atoms with Crippen molar-refractivity contribution >= 4 is 23.4 Å². The van der Waals surface area contributed by atoms with Crippen LogP contribution in [0.3, 0.4) is 0 Å². The lowest BCUT2D eigenvalue weighted by Crippen LogP contribution is -2.00. The van der Waals surface area contributed by atoms with E-state index < -0.39 is 5.97 Å². The van der Waals surface area contributed by atoms with Gasteiger partial charge in [-0.1, -0.05) is 42.1 Å². The van der Waals surface area contributed by atoms with Crippen molar-refractivity contribution in [3.63, 3.8) is 0 Å². The summed E-state index contributed by atoms with van der Waals surface area (Å²) in [5.74, 6) is -0.260. The maximum atomic E-state index is 10.6. The number of aliphatic carboxylic acids is 1. The molecule has 0 bridgehead atoms. The van der Waals surface area contributed by atoms with E-state index in [1.54, 1.807) is 16.6 Å². The molecule has 0 spiro atoms. The molecule has 0 aliphatic heterocycles. The highest BCUT2D eigenvalue weighted by atomic mass is 32.2. The number of benzene rings is 1. The molecule has 0 aliphatic carbocycles. The van der Waals surface area contributed by atoms with Crippen LogP contribution in [0, 0.1) is 0 Å². The lowest BCUT2D eigenvalue weighted by atomic mass is 10.2. The van der Waals surface area contributed by atoms with Crippen molar-refractivity contribution in [2.45, 2.75) is 5.03 Å². The van der Waals surface area contributed by atoms with Crippen LogP contribution in [0.5, 0.6) is 0 Å². The third kappa shape index (κ3) is 2.48. The zero-order valence-electron chi connectivity index (χ0n) is 10.3. The molecule has 1 aromatic carbocycles. The Balaban J connectivity index is 2.02. The summed E-state index contributed by atoms with van der Waals surface area (Å²) in [6, 6.07) is 13.1. The molecule has 2 aromatic heterocycles. The fraction of sp³-hybridized carbons (Fsp3) is 0.0769. The van der Waals surface area contributed by atoms with Gasteiger partial charge in [-0.2, -0.15) is 9.61 Å². The largest absolute Gasteiger partial charge is 0.481 e. The van der Waals surface area contributed by atoms with E-state index >= 15 is 0 Å². The summed E-state index contributed by atoms with van der Waals surface area (Å²) in [6.45, 7) is 0. The SMILES string of the molecule is O=C(O)CSc1ccc2nnc(-c3ccccc3)n2n1. The molecule has 7 heteroatoms. The Hall–Kier alpha value is -2.41. The highest BCUT2D eigenvalue weighted by Gasteiger charge is 2.10. The Bertz CT molecular complexity index is 757. The van der Waals surface area contributed by atoms with Crippen molar-refractivity contribution < 1.29 is 9.90 Å². The number of hydrogen-bond donors (Lipinski definition) is 1. The molecule has 0 atom stereocenters. The standard InChI is InChI=1S/C13H10N4O2S/c18-12(19)8-20-11-7-6-10-14-15-13(17(10)16-11)9-4-2-1-3-5-9/h1-7H,8H2,(H,18,19). The minimum absolute atomic E-state index is 0.0265. The van der Waals surface area contributed by atoms with Crippen molar-refractivity contribution in [3.8, 4) is 11.4 Å². The number of carbonyl (C=O) groups is 1. The highest BCUT2D eigenvalue weighted by Crippen LogP contribution is 2.20. The number of thioether (sulfide) groups is 1. The minimum Gasteiger partial charge on any atom is -0.481 e. The Morgan fingerprint density at radius 1 is 1.15 bits per heavy atom. The van der Waals surface area contributed by atoms with Crippen LogP contribution >= 0.6 is 11.8 Å². The number of fused-ring (bicyclic) bond motifs is 1. The van der Waals surface area contributed by atoms with Crippen LogP contribution < -0.4 is 0 Å². The monoisotopic (exact) mass is 286 g/mol. The Morgan fingerprint density at radius 3 is 2.70 bits per heavy atom. The average molecular weight is 286 g/mol. The summed E-state index contributed by atoms with van der Waals surface area (Å²) in [5.41, 5.74) is 1.54. The maximum absolute atomic E-state index is 10.6. The number of aromatic nitrogens is 4. The summed E-state index contributed by atoms with van der Waals surface area (Å²) in [4.78, 5) is 10.6. The average Bonchev–Trinajstić information content (AvgIpc) is 2.89. The summed E-state index contributed by atoms with van der Waals surface area (Å²) >= 11 is 1.16. The molecule has 1 N–H and O–H groups in total. The van der Waals surface area contributed by atoms with Crippen molar-refractivity contribution in [1.29, 1.82) is 0 Å². The minimum atomic E-state index is -0.871. The van der Waals surface area contributed by atoms with Gasteiger partial charge in [-0.05, 0) is 12.1 Å². The lowest BCUT2D eigenvalue weighted by Gasteiger charge is -2.01.